The molecule has 3 N–H and O–H groups in total. The molecule has 7 heavy (non-hydrogen) atoms. The fraction of sp³-hybridized carbons (Fsp3) is 0.750. The van der Waals surface area contributed by atoms with Gasteiger partial charge in [0.2, 0.25) is 0 Å². The average molecular weight is 103 g/mol. The Morgan fingerprint density at radius 1 is 1.71 bits per heavy atom. The van der Waals surface area contributed by atoms with Crippen LogP contribution in [0.2, 0.25) is 0 Å². The molecular formula is C4H9NO2. The molecule has 0 saturated heterocycles. The van der Waals surface area contributed by atoms with Crippen molar-refractivity contribution in [3.8, 4) is 0 Å². The van der Waals surface area contributed by atoms with Crippen LogP contribution in [0, 0.1) is 0 Å². The molecular weight excluding hydrogens is 94.0 g/mol. The summed E-state index contributed by atoms with van der Waals surface area (Å²) < 4.78 is 0. The minimum Gasteiger partial charge on any atom is -0.389 e. The van der Waals surface area contributed by atoms with E-state index in [0.717, 1.165) is 0 Å². The summed E-state index contributed by atoms with van der Waals surface area (Å²) in [6.07, 6.45) is 0.288. The predicted octanol–water partition coefficient (Wildman–Crippen LogP) is -1.10. The lowest BCUT2D eigenvalue weighted by Gasteiger charge is -1.87. The number of ketones is 1. The normalized spacial score (nSPS) is 8.86. The van der Waals surface area contributed by atoms with E-state index >= 15 is 0 Å². The summed E-state index contributed by atoms with van der Waals surface area (Å²) >= 11 is 0. The lowest BCUT2D eigenvalue weighted by atomic mass is 10.3. The Bertz CT molecular complexity index is 62.7. The van der Waals surface area contributed by atoms with Crippen LogP contribution in [0.15, 0.2) is 0 Å². The van der Waals surface area contributed by atoms with E-state index in [1.165, 1.54) is 0 Å². The summed E-state index contributed by atoms with van der Waals surface area (Å²) in [7, 11) is 0. The van der Waals surface area contributed by atoms with E-state index in [9.17, 15) is 4.79 Å². The SMILES string of the molecule is NCCC(=O)CO. The monoisotopic (exact) mass is 103 g/mol. The third-order valence-corrected chi connectivity index (χ3v) is 0.600. The molecule has 0 aromatic heterocycles. The zero-order valence-electron chi connectivity index (χ0n) is 4.05. The number of Topliss-reactive ketones (excluding diaryl/α,β-unsaturated/α-hetero) is 1. The summed E-state index contributed by atoms with van der Waals surface area (Å²) in [5.74, 6) is -0.192. The first-order valence-electron chi connectivity index (χ1n) is 2.14. The zero-order chi connectivity index (χ0) is 5.70. The first-order chi connectivity index (χ1) is 3.31. The number of aliphatic hydroxyl groups is 1. The molecule has 0 aromatic rings. The highest BCUT2D eigenvalue weighted by Crippen LogP contribution is 1.73. The first-order valence-corrected chi connectivity index (χ1v) is 2.14. The smallest absolute Gasteiger partial charge is 0.159 e. The Morgan fingerprint density at radius 2 is 2.29 bits per heavy atom. The molecule has 0 aliphatic carbocycles. The fourth-order valence-electron chi connectivity index (χ4n) is 0.240. The van der Waals surface area contributed by atoms with Gasteiger partial charge < -0.3 is 10.8 Å². The summed E-state index contributed by atoms with van der Waals surface area (Å²) in [5, 5.41) is 8.06. The second-order valence-corrected chi connectivity index (χ2v) is 1.24. The van der Waals surface area contributed by atoms with Crippen molar-refractivity contribution in [2.45, 2.75) is 6.42 Å². The Kier molecular flexibility index (Phi) is 3.55. The van der Waals surface area contributed by atoms with Gasteiger partial charge in [-0.15, -0.1) is 0 Å². The molecule has 0 aliphatic heterocycles. The van der Waals surface area contributed by atoms with E-state index in [4.69, 9.17) is 10.8 Å². The molecule has 0 rings (SSSR count). The number of nitrogens with two attached hydrogens (primary N) is 1. The lowest BCUT2D eigenvalue weighted by molar-refractivity contribution is -0.121. The van der Waals surface area contributed by atoms with Gasteiger partial charge in [0.05, 0.1) is 0 Å². The van der Waals surface area contributed by atoms with E-state index < -0.39 is 0 Å². The highest BCUT2D eigenvalue weighted by molar-refractivity contribution is 5.79. The van der Waals surface area contributed by atoms with Crippen LogP contribution in [0.1, 0.15) is 6.42 Å². The van der Waals surface area contributed by atoms with Gasteiger partial charge in [-0.3, -0.25) is 4.79 Å². The quantitative estimate of drug-likeness (QED) is 0.476. The molecule has 42 valence electrons. The maximum absolute atomic E-state index is 10.1. The highest BCUT2D eigenvalue weighted by Gasteiger charge is 1.92. The molecule has 0 atom stereocenters. The number of hydrogen-bond acceptors (Lipinski definition) is 3. The Balaban J connectivity index is 3.00. The number of aliphatic hydroxyl groups excluding tert-OH is 1. The van der Waals surface area contributed by atoms with E-state index in [-0.39, 0.29) is 18.8 Å². The molecule has 0 unspecified atom stereocenters. The predicted molar refractivity (Wildman–Crippen MR) is 25.8 cm³/mol. The molecule has 0 heterocycles. The average Bonchev–Trinajstić information content (AvgIpc) is 1.68. The van der Waals surface area contributed by atoms with Gasteiger partial charge in [0, 0.05) is 6.42 Å². The summed E-state index contributed by atoms with van der Waals surface area (Å²) in [6.45, 7) is -0.0450. The van der Waals surface area contributed by atoms with Crippen molar-refractivity contribution in [3.63, 3.8) is 0 Å². The molecule has 0 fully saturated rings. The van der Waals surface area contributed by atoms with E-state index in [0.29, 0.717) is 6.54 Å². The molecule has 0 spiro atoms. The van der Waals surface area contributed by atoms with Crippen molar-refractivity contribution in [1.82, 2.24) is 0 Å². The Hall–Kier alpha value is -0.410. The third-order valence-electron chi connectivity index (χ3n) is 0.600. The lowest BCUT2D eigenvalue weighted by Crippen LogP contribution is -2.10. The summed E-state index contributed by atoms with van der Waals surface area (Å²) in [4.78, 5) is 10.1. The van der Waals surface area contributed by atoms with Gasteiger partial charge in [-0.2, -0.15) is 0 Å². The summed E-state index contributed by atoms with van der Waals surface area (Å²) in [5.41, 5.74) is 4.97. The largest absolute Gasteiger partial charge is 0.389 e. The Morgan fingerprint density at radius 3 is 2.43 bits per heavy atom. The van der Waals surface area contributed by atoms with Gasteiger partial charge in [-0.05, 0) is 6.54 Å². The van der Waals surface area contributed by atoms with Crippen LogP contribution in [0.3, 0.4) is 0 Å². The molecule has 0 saturated carbocycles. The van der Waals surface area contributed by atoms with Crippen molar-refractivity contribution >= 4 is 5.78 Å². The maximum Gasteiger partial charge on any atom is 0.159 e. The molecule has 3 heteroatoms. The van der Waals surface area contributed by atoms with Crippen LogP contribution < -0.4 is 5.73 Å². The van der Waals surface area contributed by atoms with Gasteiger partial charge in [-0.25, -0.2) is 0 Å². The van der Waals surface area contributed by atoms with Gasteiger partial charge in [0.15, 0.2) is 5.78 Å². The number of hydrogen-bond donors (Lipinski definition) is 2. The van der Waals surface area contributed by atoms with Gasteiger partial charge >= 0.3 is 0 Å². The van der Waals surface area contributed by atoms with Crippen LogP contribution >= 0.6 is 0 Å². The number of carbonyl (C=O) groups excluding carboxylic acids is 1. The number of carbonyl (C=O) groups is 1. The fourth-order valence-corrected chi connectivity index (χ4v) is 0.240. The zero-order valence-corrected chi connectivity index (χ0v) is 4.05. The van der Waals surface area contributed by atoms with E-state index in [1.54, 1.807) is 0 Å². The van der Waals surface area contributed by atoms with Crippen LogP contribution in [0.5, 0.6) is 0 Å². The van der Waals surface area contributed by atoms with Crippen molar-refractivity contribution in [2.24, 2.45) is 5.73 Å². The molecule has 0 aliphatic rings. The maximum atomic E-state index is 10.1. The van der Waals surface area contributed by atoms with E-state index in [2.05, 4.69) is 0 Å². The van der Waals surface area contributed by atoms with Gasteiger partial charge in [0.1, 0.15) is 6.61 Å². The van der Waals surface area contributed by atoms with Crippen molar-refractivity contribution < 1.29 is 9.90 Å². The molecule has 0 radical (unpaired) electrons. The minimum atomic E-state index is -0.378. The Labute approximate surface area is 42.1 Å². The van der Waals surface area contributed by atoms with Gasteiger partial charge in [-0.1, -0.05) is 0 Å². The second-order valence-electron chi connectivity index (χ2n) is 1.24. The van der Waals surface area contributed by atoms with Crippen molar-refractivity contribution in [2.75, 3.05) is 13.2 Å². The molecule has 0 aromatic carbocycles. The minimum absolute atomic E-state index is 0.192. The van der Waals surface area contributed by atoms with Crippen LogP contribution in [0.25, 0.3) is 0 Å². The number of rotatable bonds is 3. The van der Waals surface area contributed by atoms with Crippen LogP contribution in [0.4, 0.5) is 0 Å². The van der Waals surface area contributed by atoms with Crippen molar-refractivity contribution in [3.05, 3.63) is 0 Å². The van der Waals surface area contributed by atoms with Gasteiger partial charge in [0.25, 0.3) is 0 Å². The van der Waals surface area contributed by atoms with E-state index in [1.807, 2.05) is 0 Å². The molecule has 0 amide bonds. The third kappa shape index (κ3) is 3.42. The first kappa shape index (κ1) is 6.59. The molecule has 3 nitrogen and oxygen atoms in total. The summed E-state index contributed by atoms with van der Waals surface area (Å²) in [6, 6.07) is 0. The van der Waals surface area contributed by atoms with Crippen molar-refractivity contribution in [1.29, 1.82) is 0 Å². The topological polar surface area (TPSA) is 63.3 Å². The molecule has 0 bridgehead atoms. The van der Waals surface area contributed by atoms with Crippen LogP contribution in [-0.4, -0.2) is 24.0 Å². The highest BCUT2D eigenvalue weighted by atomic mass is 16.3. The standard InChI is InChI=1S/C4H9NO2/c5-2-1-4(7)3-6/h6H,1-3,5H2. The second kappa shape index (κ2) is 3.77. The van der Waals surface area contributed by atoms with Crippen LogP contribution in [-0.2, 0) is 4.79 Å².